The number of esters is 1. The van der Waals surface area contributed by atoms with Gasteiger partial charge in [-0.3, -0.25) is 28.8 Å². The third-order valence-electron chi connectivity index (χ3n) is 23.5. The number of fused-ring (bicyclic) bond motifs is 5. The number of unbranched alkanes of at least 4 members (excludes halogenated alkanes) is 2. The van der Waals surface area contributed by atoms with E-state index < -0.39 is 83.8 Å². The first kappa shape index (κ1) is 97.2. The highest BCUT2D eigenvalue weighted by Gasteiger charge is 2.53. The molecule has 3 aliphatic heterocycles. The van der Waals surface area contributed by atoms with Crippen molar-refractivity contribution in [3.8, 4) is 11.3 Å². The maximum atomic E-state index is 14.7. The highest BCUT2D eigenvalue weighted by atomic mass is 16.6. The number of nitrogens with two attached hydrogens (primary N) is 3. The highest BCUT2D eigenvalue weighted by Crippen LogP contribution is 2.39. The number of aryl methyl sites for hydroxylation is 2. The van der Waals surface area contributed by atoms with Gasteiger partial charge in [0.25, 0.3) is 17.7 Å². The SMILES string of the molecule is CO[C@H]1C[C@@H]2CC[C@@H](C)[C@@](O)(O2)C(=O)C(=O)N2CCCC[C@H]2C(=O)O[C@H]([C@H](N)C[C@@H]2CC[C@@H](OCCCCc3cn(CCOCCOCCOCCOCCCNC(=O)CCCC(=O)NCCCCn4nc(-c5ccc6oc(N)nc6c5)c5c(N)ncnc54)nn3)[C@H](OC)C2)CC(=O)[C@H](C)/C=C(\C)[C@@H](O)[C@@H](OC)C(=O)[C@H](C)C[C@H](C)/C=C/C=C/C=C/1C. The van der Waals surface area contributed by atoms with Crippen LogP contribution in [0, 0.1) is 29.6 Å². The number of carbonyl (C=O) groups excluding carboxylic acids is 7. The summed E-state index contributed by atoms with van der Waals surface area (Å²) >= 11 is 0. The first-order valence-corrected chi connectivity index (χ1v) is 43.5. The molecule has 0 spiro atoms. The third kappa shape index (κ3) is 29.0. The molecule has 34 nitrogen and oxygen atoms in total. The van der Waals surface area contributed by atoms with Gasteiger partial charge in [-0.1, -0.05) is 69.4 Å². The summed E-state index contributed by atoms with van der Waals surface area (Å²) in [6, 6.07) is 3.44. The number of rotatable bonds is 38. The lowest BCUT2D eigenvalue weighted by molar-refractivity contribution is -0.265. The van der Waals surface area contributed by atoms with Crippen LogP contribution in [0.2, 0.25) is 0 Å². The number of carbonyl (C=O) groups is 7. The van der Waals surface area contributed by atoms with E-state index in [4.69, 9.17) is 74.1 Å². The van der Waals surface area contributed by atoms with Crippen LogP contribution in [-0.4, -0.2) is 257 Å². The standard InChI is InChI=1S/C88H132N14O20/c1-56-21-11-10-12-22-57(2)72(112-7)52-65-30-27-61(6)88(111,122-65)82(108)85(109)101-35-16-13-24-68(101)86(110)120-73(53-69(103)58(3)48-60(5)80(107)81(114-9)79(106)59(4)47-56)66(89)49-62-28-31-71(74(50-62)113-8)119-39-18-14-23-64-54-100(99-97-64)37-40-116-42-44-118-46-45-117-43-41-115-38-20-34-93-76(105)26-19-25-75(104)92-33-15-17-36-102-84-77(83(90)94-55-95-84)78(98-102)63-29-32-70-67(51-63)96-87(91)121-70/h10-12,21-22,29,32,48,51,54-56,58-59,61-62,65-66,68,71-74,80-81,107,111H,13-20,23-28,30-31,33-47,49-50,52-53,89H2,1-9H3,(H2,91,96)(H,92,104)(H,93,105)(H2,90,94,95)/b12-10+,21-11+,57-22+,60-48+/t56-,58-,59-,61-,62+,65+,66-,68+,71-,72+,73+,74-,80-,81+,88-/m1/s1. The number of ether oxygens (including phenoxy) is 10. The number of nitrogen functional groups attached to an aromatic ring is 2. The zero-order valence-corrected chi connectivity index (χ0v) is 72.7. The minimum Gasteiger partial charge on any atom is -0.459 e. The molecule has 1 saturated carbocycles. The van der Waals surface area contributed by atoms with Crippen molar-refractivity contribution in [2.45, 2.75) is 250 Å². The molecule has 15 atom stereocenters. The molecule has 3 fully saturated rings. The number of allylic oxidation sites excluding steroid dienone is 6. The molecule has 3 amide bonds. The second-order valence-corrected chi connectivity index (χ2v) is 32.9. The molecule has 0 unspecified atom stereocenters. The zero-order chi connectivity index (χ0) is 87.7. The van der Waals surface area contributed by atoms with Gasteiger partial charge in [-0.05, 0) is 164 Å². The monoisotopic (exact) mass is 1700 g/mol. The summed E-state index contributed by atoms with van der Waals surface area (Å²) in [5, 5.41) is 43.7. The molecule has 1 aliphatic carbocycles. The molecule has 0 radical (unpaired) electrons. The van der Waals surface area contributed by atoms with Gasteiger partial charge in [-0.2, -0.15) is 10.1 Å². The van der Waals surface area contributed by atoms with E-state index >= 15 is 0 Å². The fourth-order valence-corrected chi connectivity index (χ4v) is 16.3. The van der Waals surface area contributed by atoms with Crippen LogP contribution in [-0.2, 0) is 100 Å². The molecule has 4 aliphatic rings. The molecule has 1 aromatic carbocycles. The number of aromatic nitrogens is 8. The molecule has 5 aromatic rings. The van der Waals surface area contributed by atoms with E-state index in [0.29, 0.717) is 208 Å². The number of Topliss-reactive ketones (excluding diaryl/α,β-unsaturated/α-hetero) is 3. The second kappa shape index (κ2) is 49.7. The number of oxazole rings is 1. The van der Waals surface area contributed by atoms with Crippen molar-refractivity contribution in [2.75, 3.05) is 112 Å². The summed E-state index contributed by atoms with van der Waals surface area (Å²) in [4.78, 5) is 111. The van der Waals surface area contributed by atoms with Gasteiger partial charge < -0.3 is 94.7 Å². The lowest BCUT2D eigenvalue weighted by Gasteiger charge is -2.42. The van der Waals surface area contributed by atoms with Gasteiger partial charge in [0.05, 0.1) is 88.3 Å². The van der Waals surface area contributed by atoms with Gasteiger partial charge in [-0.25, -0.2) is 24.1 Å². The lowest BCUT2D eigenvalue weighted by Crippen LogP contribution is -2.61. The molecule has 7 heterocycles. The van der Waals surface area contributed by atoms with Gasteiger partial charge in [0.2, 0.25) is 17.6 Å². The summed E-state index contributed by atoms with van der Waals surface area (Å²) < 4.78 is 68.2. The van der Waals surface area contributed by atoms with Crippen LogP contribution in [0.25, 0.3) is 33.4 Å². The smallest absolute Gasteiger partial charge is 0.329 e. The van der Waals surface area contributed by atoms with Crippen molar-refractivity contribution in [3.63, 3.8) is 0 Å². The number of hydrogen-bond acceptors (Lipinski definition) is 29. The molecule has 2 bridgehead atoms. The number of benzene rings is 1. The quantitative estimate of drug-likeness (QED) is 0.00852. The Morgan fingerprint density at radius 2 is 1.48 bits per heavy atom. The molecule has 9 rings (SSSR count). The molecular weight excluding hydrogens is 1570 g/mol. The van der Waals surface area contributed by atoms with E-state index in [0.717, 1.165) is 41.0 Å². The Morgan fingerprint density at radius 1 is 0.746 bits per heavy atom. The van der Waals surface area contributed by atoms with Crippen LogP contribution in [0.1, 0.15) is 176 Å². The largest absolute Gasteiger partial charge is 0.459 e. The van der Waals surface area contributed by atoms with E-state index in [9.17, 15) is 43.8 Å². The Hall–Kier alpha value is -8.65. The normalized spacial score (nSPS) is 27.1. The van der Waals surface area contributed by atoms with Crippen LogP contribution in [0.15, 0.2) is 82.7 Å². The van der Waals surface area contributed by atoms with Gasteiger partial charge in [0, 0.05) is 122 Å². The average Bonchev–Trinajstić information content (AvgIpc) is 1.52. The summed E-state index contributed by atoms with van der Waals surface area (Å²) in [7, 11) is 4.59. The molecule has 10 N–H and O–H groups in total. The number of ketones is 3. The number of methoxy groups -OCH3 is 3. The first-order valence-electron chi connectivity index (χ1n) is 43.5. The number of anilines is 2. The van der Waals surface area contributed by atoms with Crippen LogP contribution < -0.4 is 27.8 Å². The number of piperidine rings is 1. The van der Waals surface area contributed by atoms with Crippen molar-refractivity contribution >= 4 is 75.0 Å². The molecule has 4 aromatic heterocycles. The number of nitrogens with one attached hydrogen (secondary N) is 2. The Bertz CT molecular complexity index is 4300. The Labute approximate surface area is 715 Å². The Morgan fingerprint density at radius 3 is 2.20 bits per heavy atom. The van der Waals surface area contributed by atoms with Crippen LogP contribution in [0.4, 0.5) is 11.8 Å². The number of aliphatic hydroxyl groups excluding tert-OH is 1. The van der Waals surface area contributed by atoms with Crippen LogP contribution >= 0.6 is 0 Å². The maximum Gasteiger partial charge on any atom is 0.329 e. The van der Waals surface area contributed by atoms with E-state index in [1.807, 2.05) is 62.6 Å². The molecule has 122 heavy (non-hydrogen) atoms. The fraction of sp³-hybridized carbons (Fsp3) is 0.670. The van der Waals surface area contributed by atoms with Crippen molar-refractivity contribution in [3.05, 3.63) is 84.0 Å². The van der Waals surface area contributed by atoms with E-state index in [2.05, 4.69) is 35.9 Å². The predicted octanol–water partition coefficient (Wildman–Crippen LogP) is 7.96. The number of cyclic esters (lactones) is 1. The average molecular weight is 1710 g/mol. The van der Waals surface area contributed by atoms with Crippen molar-refractivity contribution in [1.82, 2.24) is 55.3 Å². The Balaban J connectivity index is 0.622. The van der Waals surface area contributed by atoms with Crippen molar-refractivity contribution in [2.24, 2.45) is 35.3 Å². The summed E-state index contributed by atoms with van der Waals surface area (Å²) in [5.41, 5.74) is 24.3. The summed E-state index contributed by atoms with van der Waals surface area (Å²) in [6.45, 7) is 16.6. The fourth-order valence-electron chi connectivity index (χ4n) is 16.3. The first-order chi connectivity index (χ1) is 58.8. The maximum absolute atomic E-state index is 14.7. The Kier molecular flexibility index (Phi) is 39.6. The van der Waals surface area contributed by atoms with Gasteiger partial charge in [-0.15, -0.1) is 5.10 Å². The topological polar surface area (TPSA) is 458 Å². The molecule has 2 saturated heterocycles. The summed E-state index contributed by atoms with van der Waals surface area (Å²) in [6.07, 6.45) is 19.2. The third-order valence-corrected chi connectivity index (χ3v) is 23.5. The van der Waals surface area contributed by atoms with Crippen LogP contribution in [0.5, 0.6) is 0 Å². The van der Waals surface area contributed by atoms with E-state index in [1.54, 1.807) is 63.4 Å². The van der Waals surface area contributed by atoms with Gasteiger partial charge in [0.15, 0.2) is 17.0 Å². The molecule has 674 valence electrons. The second-order valence-electron chi connectivity index (χ2n) is 32.9. The molecule has 34 heteroatoms. The minimum atomic E-state index is -2.48. The number of nitrogens with zero attached hydrogens (tertiary/aromatic N) is 9. The van der Waals surface area contributed by atoms with E-state index in [-0.39, 0.29) is 92.1 Å². The number of hydrogen-bond donors (Lipinski definition) is 7. The van der Waals surface area contributed by atoms with Crippen molar-refractivity contribution < 1.29 is 95.6 Å². The van der Waals surface area contributed by atoms with Gasteiger partial charge in [0.1, 0.15) is 53.5 Å². The van der Waals surface area contributed by atoms with E-state index in [1.165, 1.54) is 13.4 Å². The predicted molar refractivity (Wildman–Crippen MR) is 455 cm³/mol. The number of aliphatic hydroxyl groups is 2. The highest BCUT2D eigenvalue weighted by molar-refractivity contribution is 6.39. The summed E-state index contributed by atoms with van der Waals surface area (Å²) in [5.74, 6) is -8.22. The lowest BCUT2D eigenvalue weighted by atomic mass is 9.80. The zero-order valence-electron chi connectivity index (χ0n) is 72.7. The van der Waals surface area contributed by atoms with Crippen molar-refractivity contribution in [1.29, 1.82) is 0 Å². The van der Waals surface area contributed by atoms with Gasteiger partial charge >= 0.3 is 5.97 Å². The number of amides is 3. The molecular formula is C88H132N14O20. The van der Waals surface area contributed by atoms with Crippen LogP contribution in [0.3, 0.4) is 0 Å². The minimum absolute atomic E-state index is 0.0163.